The quantitative estimate of drug-likeness (QED) is 0.584. The van der Waals surface area contributed by atoms with Crippen LogP contribution in [0, 0.1) is 5.92 Å². The molecule has 0 aliphatic heterocycles. The van der Waals surface area contributed by atoms with Gasteiger partial charge in [-0.2, -0.15) is 0 Å². The normalized spacial score (nSPS) is 12.8. The number of thioether (sulfide) groups is 1. The minimum atomic E-state index is 0.518. The van der Waals surface area contributed by atoms with Crippen molar-refractivity contribution in [2.24, 2.45) is 5.92 Å². The van der Waals surface area contributed by atoms with E-state index in [1.165, 1.54) is 0 Å². The molecule has 1 rings (SSSR count). The molecule has 0 bridgehead atoms. The highest BCUT2D eigenvalue weighted by Crippen LogP contribution is 2.20. The van der Waals surface area contributed by atoms with Crippen molar-refractivity contribution < 1.29 is 0 Å². The molecular weight excluding hydrogens is 225 g/mol. The molecule has 0 fully saturated rings. The maximum Gasteiger partial charge on any atom is 0.0961 e. The zero-order valence-corrected chi connectivity index (χ0v) is 9.66. The van der Waals surface area contributed by atoms with Crippen LogP contribution in [-0.4, -0.2) is 16.6 Å². The molecule has 13 heavy (non-hydrogen) atoms. The van der Waals surface area contributed by atoms with Gasteiger partial charge >= 0.3 is 0 Å². The molecule has 1 nitrogen and oxygen atoms in total. The summed E-state index contributed by atoms with van der Waals surface area (Å²) in [5.41, 5.74) is 0. The van der Waals surface area contributed by atoms with E-state index >= 15 is 0 Å². The summed E-state index contributed by atoms with van der Waals surface area (Å²) < 4.78 is 0. The lowest BCUT2D eigenvalue weighted by Crippen LogP contribution is -1.99. The topological polar surface area (TPSA) is 12.9 Å². The van der Waals surface area contributed by atoms with Gasteiger partial charge in [0.05, 0.1) is 10.0 Å². The Hall–Kier alpha value is 0.0800. The largest absolute Gasteiger partial charge is 0.248 e. The molecule has 0 saturated carbocycles. The number of aromatic nitrogens is 1. The van der Waals surface area contributed by atoms with Crippen LogP contribution in [0.3, 0.4) is 0 Å². The summed E-state index contributed by atoms with van der Waals surface area (Å²) in [5.74, 6) is 2.21. The van der Waals surface area contributed by atoms with Crippen molar-refractivity contribution in [3.63, 3.8) is 0 Å². The van der Waals surface area contributed by atoms with Gasteiger partial charge in [0.2, 0.25) is 0 Å². The van der Waals surface area contributed by atoms with Crippen molar-refractivity contribution in [1.82, 2.24) is 4.98 Å². The number of rotatable bonds is 4. The monoisotopic (exact) mass is 235 g/mol. The maximum absolute atomic E-state index is 5.71. The number of hydrogen-bond donors (Lipinski definition) is 0. The SMILES string of the molecule is CC(CCl)CSc1ccc(Cl)cn1. The molecule has 0 aromatic carbocycles. The van der Waals surface area contributed by atoms with E-state index in [4.69, 9.17) is 23.2 Å². The molecule has 1 heterocycles. The van der Waals surface area contributed by atoms with Crippen LogP contribution in [0.5, 0.6) is 0 Å². The van der Waals surface area contributed by atoms with E-state index in [0.717, 1.165) is 10.8 Å². The Morgan fingerprint density at radius 2 is 2.31 bits per heavy atom. The Labute approximate surface area is 92.8 Å². The molecule has 1 atom stereocenters. The number of nitrogens with zero attached hydrogens (tertiary/aromatic N) is 1. The van der Waals surface area contributed by atoms with Gasteiger partial charge in [-0.25, -0.2) is 4.98 Å². The van der Waals surface area contributed by atoms with Gasteiger partial charge in [0.15, 0.2) is 0 Å². The van der Waals surface area contributed by atoms with Gasteiger partial charge in [-0.1, -0.05) is 18.5 Å². The predicted octanol–water partition coefficient (Wildman–Crippen LogP) is 3.70. The molecule has 1 unspecified atom stereocenters. The lowest BCUT2D eigenvalue weighted by Gasteiger charge is -2.05. The molecule has 0 radical (unpaired) electrons. The highest BCUT2D eigenvalue weighted by molar-refractivity contribution is 7.99. The zero-order valence-electron chi connectivity index (χ0n) is 7.34. The predicted molar refractivity (Wildman–Crippen MR) is 59.9 cm³/mol. The molecule has 0 saturated heterocycles. The zero-order chi connectivity index (χ0) is 9.68. The highest BCUT2D eigenvalue weighted by Gasteiger charge is 2.01. The van der Waals surface area contributed by atoms with Gasteiger partial charge in [0, 0.05) is 17.8 Å². The van der Waals surface area contributed by atoms with Crippen molar-refractivity contribution in [2.45, 2.75) is 11.9 Å². The van der Waals surface area contributed by atoms with E-state index in [9.17, 15) is 0 Å². The standard InChI is InChI=1S/C9H11Cl2NS/c1-7(4-10)6-13-9-3-2-8(11)5-12-9/h2-3,5,7H,4,6H2,1H3. The van der Waals surface area contributed by atoms with Crippen LogP contribution < -0.4 is 0 Å². The molecule has 0 aliphatic rings. The Morgan fingerprint density at radius 3 is 2.85 bits per heavy atom. The molecule has 0 spiro atoms. The van der Waals surface area contributed by atoms with Crippen LogP contribution in [-0.2, 0) is 0 Å². The Balaban J connectivity index is 2.41. The van der Waals surface area contributed by atoms with Crippen LogP contribution >= 0.6 is 35.0 Å². The van der Waals surface area contributed by atoms with Crippen LogP contribution in [0.25, 0.3) is 0 Å². The van der Waals surface area contributed by atoms with Crippen LogP contribution in [0.15, 0.2) is 23.4 Å². The number of pyridine rings is 1. The molecular formula is C9H11Cl2NS. The molecule has 0 N–H and O–H groups in total. The van der Waals surface area contributed by atoms with E-state index in [1.807, 2.05) is 12.1 Å². The van der Waals surface area contributed by atoms with E-state index in [-0.39, 0.29) is 0 Å². The molecule has 0 amide bonds. The lowest BCUT2D eigenvalue weighted by molar-refractivity contribution is 0.758. The second-order valence-electron chi connectivity index (χ2n) is 2.89. The molecule has 1 aromatic rings. The van der Waals surface area contributed by atoms with Crippen molar-refractivity contribution in [2.75, 3.05) is 11.6 Å². The van der Waals surface area contributed by atoms with Crippen molar-refractivity contribution in [1.29, 1.82) is 0 Å². The van der Waals surface area contributed by atoms with Crippen LogP contribution in [0.1, 0.15) is 6.92 Å². The van der Waals surface area contributed by atoms with Crippen molar-refractivity contribution >= 4 is 35.0 Å². The Morgan fingerprint density at radius 1 is 1.54 bits per heavy atom. The lowest BCUT2D eigenvalue weighted by atomic mass is 10.3. The summed E-state index contributed by atoms with van der Waals surface area (Å²) in [6.45, 7) is 2.12. The minimum absolute atomic E-state index is 0.518. The molecule has 1 aromatic heterocycles. The van der Waals surface area contributed by atoms with Crippen molar-refractivity contribution in [3.8, 4) is 0 Å². The van der Waals surface area contributed by atoms with E-state index in [2.05, 4.69) is 11.9 Å². The average Bonchev–Trinajstić information content (AvgIpc) is 2.16. The summed E-state index contributed by atoms with van der Waals surface area (Å²) in [4.78, 5) is 4.17. The summed E-state index contributed by atoms with van der Waals surface area (Å²) in [6, 6.07) is 3.77. The molecule has 4 heteroatoms. The average molecular weight is 236 g/mol. The van der Waals surface area contributed by atoms with Gasteiger partial charge in [-0.15, -0.1) is 23.4 Å². The van der Waals surface area contributed by atoms with Gasteiger partial charge in [-0.05, 0) is 18.1 Å². The highest BCUT2D eigenvalue weighted by atomic mass is 35.5. The second-order valence-corrected chi connectivity index (χ2v) is 4.67. The summed E-state index contributed by atoms with van der Waals surface area (Å²) in [7, 11) is 0. The van der Waals surface area contributed by atoms with Crippen LogP contribution in [0.2, 0.25) is 5.02 Å². The second kappa shape index (κ2) is 5.74. The van der Waals surface area contributed by atoms with Gasteiger partial charge in [0.25, 0.3) is 0 Å². The number of hydrogen-bond acceptors (Lipinski definition) is 2. The fourth-order valence-electron chi connectivity index (χ4n) is 0.720. The van der Waals surface area contributed by atoms with Gasteiger partial charge in [0.1, 0.15) is 0 Å². The number of alkyl halides is 1. The Kier molecular flexibility index (Phi) is 4.92. The first-order valence-corrected chi connectivity index (χ1v) is 5.92. The summed E-state index contributed by atoms with van der Waals surface area (Å²) in [5, 5.41) is 1.68. The fourth-order valence-corrected chi connectivity index (χ4v) is 1.93. The summed E-state index contributed by atoms with van der Waals surface area (Å²) in [6.07, 6.45) is 1.66. The molecule has 0 aliphatic carbocycles. The van der Waals surface area contributed by atoms with E-state index < -0.39 is 0 Å². The maximum atomic E-state index is 5.71. The van der Waals surface area contributed by atoms with E-state index in [1.54, 1.807) is 18.0 Å². The molecule has 72 valence electrons. The van der Waals surface area contributed by atoms with Crippen molar-refractivity contribution in [3.05, 3.63) is 23.4 Å². The first-order valence-electron chi connectivity index (χ1n) is 4.02. The van der Waals surface area contributed by atoms with Gasteiger partial charge in [-0.3, -0.25) is 0 Å². The van der Waals surface area contributed by atoms with Gasteiger partial charge < -0.3 is 0 Å². The van der Waals surface area contributed by atoms with Crippen LogP contribution in [0.4, 0.5) is 0 Å². The first kappa shape index (κ1) is 11.2. The smallest absolute Gasteiger partial charge is 0.0961 e. The number of halogens is 2. The third kappa shape index (κ3) is 4.21. The van der Waals surface area contributed by atoms with E-state index in [0.29, 0.717) is 16.8 Å². The summed E-state index contributed by atoms with van der Waals surface area (Å²) >= 11 is 13.1. The third-order valence-electron chi connectivity index (χ3n) is 1.48. The first-order chi connectivity index (χ1) is 6.22. The minimum Gasteiger partial charge on any atom is -0.248 e. The Bertz CT molecular complexity index is 250. The third-order valence-corrected chi connectivity index (χ3v) is 3.50. The fraction of sp³-hybridized carbons (Fsp3) is 0.444.